The second-order valence-corrected chi connectivity index (χ2v) is 3.74. The van der Waals surface area contributed by atoms with E-state index in [9.17, 15) is 9.59 Å². The number of nitrogens with zero attached hydrogens (tertiary/aromatic N) is 3. The van der Waals surface area contributed by atoms with E-state index in [0.717, 1.165) is 0 Å². The minimum Gasteiger partial charge on any atom is -0.394 e. The molecule has 9 nitrogen and oxygen atoms in total. The molecule has 9 heteroatoms. The first-order chi connectivity index (χ1) is 9.11. The zero-order chi connectivity index (χ0) is 13.8. The monoisotopic (exact) mass is 267 g/mol. The Hall–Kier alpha value is -2.26. The second-order valence-electron chi connectivity index (χ2n) is 3.74. The van der Waals surface area contributed by atoms with Gasteiger partial charge in [-0.25, -0.2) is 4.98 Å². The molecule has 0 unspecified atom stereocenters. The van der Waals surface area contributed by atoms with Crippen molar-refractivity contribution in [1.29, 1.82) is 0 Å². The van der Waals surface area contributed by atoms with Crippen molar-refractivity contribution in [2.24, 2.45) is 0 Å². The van der Waals surface area contributed by atoms with Gasteiger partial charge in [-0.05, 0) is 0 Å². The number of aromatic nitrogens is 4. The first-order valence-corrected chi connectivity index (χ1v) is 5.53. The Morgan fingerprint density at radius 1 is 1.63 bits per heavy atom. The molecule has 2 aromatic rings. The van der Waals surface area contributed by atoms with Crippen molar-refractivity contribution < 1.29 is 14.6 Å². The van der Waals surface area contributed by atoms with E-state index in [4.69, 9.17) is 9.84 Å². The number of aliphatic hydroxyl groups is 1. The van der Waals surface area contributed by atoms with Crippen LogP contribution in [0.2, 0.25) is 0 Å². The normalized spacial score (nSPS) is 10.8. The molecule has 0 spiro atoms. The van der Waals surface area contributed by atoms with Crippen LogP contribution in [0.25, 0.3) is 11.2 Å². The van der Waals surface area contributed by atoms with Crippen LogP contribution in [0.3, 0.4) is 0 Å². The van der Waals surface area contributed by atoms with Crippen LogP contribution in [0.15, 0.2) is 11.1 Å². The highest BCUT2D eigenvalue weighted by Gasteiger charge is 2.11. The first kappa shape index (κ1) is 13.2. The number of carbonyl (C=O) groups is 1. The van der Waals surface area contributed by atoms with Gasteiger partial charge in [0, 0.05) is 6.92 Å². The Kier molecular flexibility index (Phi) is 3.88. The van der Waals surface area contributed by atoms with Gasteiger partial charge in [0.05, 0.1) is 19.5 Å². The van der Waals surface area contributed by atoms with Crippen molar-refractivity contribution >= 4 is 23.0 Å². The fourth-order valence-electron chi connectivity index (χ4n) is 1.54. The molecular formula is C10H13N5O4. The summed E-state index contributed by atoms with van der Waals surface area (Å²) in [5.74, 6) is -0.292. The summed E-state index contributed by atoms with van der Waals surface area (Å²) >= 11 is 0. The second kappa shape index (κ2) is 5.59. The summed E-state index contributed by atoms with van der Waals surface area (Å²) < 4.78 is 6.57. The predicted octanol–water partition coefficient (Wildman–Crippen LogP) is -0.956. The molecule has 19 heavy (non-hydrogen) atoms. The van der Waals surface area contributed by atoms with E-state index in [0.29, 0.717) is 0 Å². The minimum atomic E-state index is -0.432. The highest BCUT2D eigenvalue weighted by molar-refractivity contribution is 5.87. The number of aromatic amines is 1. The van der Waals surface area contributed by atoms with E-state index < -0.39 is 5.56 Å². The van der Waals surface area contributed by atoms with Crippen LogP contribution < -0.4 is 10.9 Å². The summed E-state index contributed by atoms with van der Waals surface area (Å²) in [7, 11) is 0. The fourth-order valence-corrected chi connectivity index (χ4v) is 1.54. The van der Waals surface area contributed by atoms with Crippen molar-refractivity contribution in [3.63, 3.8) is 0 Å². The number of fused-ring (bicyclic) bond motifs is 1. The number of ether oxygens (including phenoxy) is 1. The van der Waals surface area contributed by atoms with Crippen LogP contribution >= 0.6 is 0 Å². The van der Waals surface area contributed by atoms with Crippen LogP contribution in [0.4, 0.5) is 5.95 Å². The molecule has 2 rings (SSSR count). The Balaban J connectivity index is 2.33. The lowest BCUT2D eigenvalue weighted by atomic mass is 10.5. The Morgan fingerprint density at radius 3 is 3.11 bits per heavy atom. The van der Waals surface area contributed by atoms with Crippen molar-refractivity contribution in [3.8, 4) is 0 Å². The largest absolute Gasteiger partial charge is 0.394 e. The first-order valence-electron chi connectivity index (χ1n) is 5.53. The Bertz CT molecular complexity index is 647. The molecule has 0 fully saturated rings. The molecule has 1 amide bonds. The molecule has 0 atom stereocenters. The zero-order valence-electron chi connectivity index (χ0n) is 10.2. The van der Waals surface area contributed by atoms with E-state index in [2.05, 4.69) is 20.3 Å². The lowest BCUT2D eigenvalue weighted by Gasteiger charge is -2.04. The van der Waals surface area contributed by atoms with Gasteiger partial charge in [0.25, 0.3) is 5.56 Å². The predicted molar refractivity (Wildman–Crippen MR) is 65.5 cm³/mol. The standard InChI is InChI=1S/C10H13N5O4/c1-6(17)12-10-13-8-7(9(18)14-10)15(4-11-8)5-19-3-2-16/h4,16H,2-3,5H2,1H3,(H2,12,13,14,17,18). The number of aliphatic hydroxyl groups excluding tert-OH is 1. The molecule has 0 aliphatic rings. The fraction of sp³-hybridized carbons (Fsp3) is 0.400. The van der Waals surface area contributed by atoms with E-state index in [1.54, 1.807) is 0 Å². The minimum absolute atomic E-state index is 0.0477. The van der Waals surface area contributed by atoms with Crippen LogP contribution in [0.5, 0.6) is 0 Å². The molecule has 0 bridgehead atoms. The molecule has 2 heterocycles. The number of imidazole rings is 1. The maximum atomic E-state index is 11.9. The third-order valence-electron chi connectivity index (χ3n) is 2.24. The number of H-pyrrole nitrogens is 1. The van der Waals surface area contributed by atoms with Crippen LogP contribution in [-0.2, 0) is 16.3 Å². The number of amides is 1. The number of rotatable bonds is 5. The van der Waals surface area contributed by atoms with E-state index in [1.807, 2.05) is 0 Å². The molecule has 0 saturated carbocycles. The Labute approximate surface area is 107 Å². The topological polar surface area (TPSA) is 122 Å². The van der Waals surface area contributed by atoms with Gasteiger partial charge in [-0.1, -0.05) is 0 Å². The lowest BCUT2D eigenvalue weighted by molar-refractivity contribution is -0.114. The summed E-state index contributed by atoms with van der Waals surface area (Å²) in [5, 5.41) is 11.0. The van der Waals surface area contributed by atoms with Crippen LogP contribution in [0, 0.1) is 0 Å². The number of carbonyl (C=O) groups excluding carboxylic acids is 1. The number of nitrogens with one attached hydrogen (secondary N) is 2. The van der Waals surface area contributed by atoms with Crippen LogP contribution in [-0.4, -0.2) is 43.7 Å². The summed E-state index contributed by atoms with van der Waals surface area (Å²) in [6.45, 7) is 1.45. The molecule has 102 valence electrons. The van der Waals surface area contributed by atoms with Crippen molar-refractivity contribution in [3.05, 3.63) is 16.7 Å². The summed E-state index contributed by atoms with van der Waals surface area (Å²) in [6, 6.07) is 0. The van der Waals surface area contributed by atoms with Gasteiger partial charge in [-0.15, -0.1) is 0 Å². The third kappa shape index (κ3) is 2.95. The SMILES string of the molecule is CC(=O)Nc1nc2ncn(COCCO)c2c(=O)[nH]1. The molecule has 3 N–H and O–H groups in total. The van der Waals surface area contributed by atoms with Crippen LogP contribution in [0.1, 0.15) is 6.92 Å². The summed E-state index contributed by atoms with van der Waals surface area (Å²) in [6.07, 6.45) is 1.40. The van der Waals surface area contributed by atoms with Crippen molar-refractivity contribution in [2.75, 3.05) is 18.5 Å². The lowest BCUT2D eigenvalue weighted by Crippen LogP contribution is -2.18. The maximum Gasteiger partial charge on any atom is 0.278 e. The van der Waals surface area contributed by atoms with Crippen molar-refractivity contribution in [2.45, 2.75) is 13.7 Å². The van der Waals surface area contributed by atoms with Gasteiger partial charge in [-0.2, -0.15) is 4.98 Å². The van der Waals surface area contributed by atoms with Crippen molar-refractivity contribution in [1.82, 2.24) is 19.5 Å². The molecule has 0 saturated heterocycles. The number of hydrogen-bond donors (Lipinski definition) is 3. The molecule has 0 aromatic carbocycles. The maximum absolute atomic E-state index is 11.9. The summed E-state index contributed by atoms with van der Waals surface area (Å²) in [4.78, 5) is 33.2. The summed E-state index contributed by atoms with van der Waals surface area (Å²) in [5.41, 5.74) is 0.0194. The smallest absolute Gasteiger partial charge is 0.278 e. The van der Waals surface area contributed by atoms with Gasteiger partial charge >= 0.3 is 0 Å². The molecule has 0 aliphatic heterocycles. The molecule has 2 aromatic heterocycles. The molecular weight excluding hydrogens is 254 g/mol. The molecule has 0 aliphatic carbocycles. The quantitative estimate of drug-likeness (QED) is 0.600. The average molecular weight is 267 g/mol. The zero-order valence-corrected chi connectivity index (χ0v) is 10.2. The van der Waals surface area contributed by atoms with E-state index in [1.165, 1.54) is 17.8 Å². The highest BCUT2D eigenvalue weighted by Crippen LogP contribution is 2.07. The van der Waals surface area contributed by atoms with Gasteiger partial charge in [-0.3, -0.25) is 19.9 Å². The number of anilines is 1. The number of hydrogen-bond acceptors (Lipinski definition) is 6. The van der Waals surface area contributed by atoms with Gasteiger partial charge in [0.1, 0.15) is 6.73 Å². The van der Waals surface area contributed by atoms with Gasteiger partial charge in [0.15, 0.2) is 11.2 Å². The van der Waals surface area contributed by atoms with E-state index >= 15 is 0 Å². The Morgan fingerprint density at radius 2 is 2.42 bits per heavy atom. The molecule has 0 radical (unpaired) electrons. The third-order valence-corrected chi connectivity index (χ3v) is 2.24. The van der Waals surface area contributed by atoms with Gasteiger partial charge < -0.3 is 14.4 Å². The highest BCUT2D eigenvalue weighted by atomic mass is 16.5. The van der Waals surface area contributed by atoms with E-state index in [-0.39, 0.29) is 43.0 Å². The van der Waals surface area contributed by atoms with Gasteiger partial charge in [0.2, 0.25) is 11.9 Å². The average Bonchev–Trinajstić information content (AvgIpc) is 2.72.